The van der Waals surface area contributed by atoms with Gasteiger partial charge < -0.3 is 15.6 Å². The van der Waals surface area contributed by atoms with Gasteiger partial charge in [-0.25, -0.2) is 0 Å². The van der Waals surface area contributed by atoms with Crippen molar-refractivity contribution in [1.29, 1.82) is 0 Å². The molecule has 18 heavy (non-hydrogen) atoms. The Labute approximate surface area is 114 Å². The first-order valence-electron chi connectivity index (χ1n) is 7.04. The van der Waals surface area contributed by atoms with Crippen molar-refractivity contribution in [3.05, 3.63) is 0 Å². The molecule has 3 N–H and O–H groups in total. The smallest absolute Gasteiger partial charge is 0.127 e. The summed E-state index contributed by atoms with van der Waals surface area (Å²) >= 11 is 0. The second-order valence-corrected chi connectivity index (χ2v) is 7.37. The predicted molar refractivity (Wildman–Crippen MR) is 83.0 cm³/mol. The first-order chi connectivity index (χ1) is 7.97. The Bertz CT molecular complexity index is 238. The number of hydrogen-bond acceptors (Lipinski definition) is 3. The van der Waals surface area contributed by atoms with Gasteiger partial charge in [0.1, 0.15) is 7.17 Å². The predicted octanol–water partition coefficient (Wildman–Crippen LogP) is 1.24. The minimum absolute atomic E-state index is 0.128. The van der Waals surface area contributed by atoms with Gasteiger partial charge in [0, 0.05) is 12.1 Å². The van der Waals surface area contributed by atoms with Crippen molar-refractivity contribution < 1.29 is 9.84 Å². The molecule has 0 bridgehead atoms. The third-order valence-corrected chi connectivity index (χ3v) is 3.43. The van der Waals surface area contributed by atoms with Gasteiger partial charge >= 0.3 is 0 Å². The molecule has 0 saturated carbocycles. The van der Waals surface area contributed by atoms with Gasteiger partial charge in [-0.2, -0.15) is 0 Å². The van der Waals surface area contributed by atoms with E-state index in [1.807, 2.05) is 13.8 Å². The third kappa shape index (κ3) is 9.98. The zero-order valence-electron chi connectivity index (χ0n) is 13.2. The molecule has 0 heterocycles. The number of hydrogen-bond donors (Lipinski definition) is 2. The summed E-state index contributed by atoms with van der Waals surface area (Å²) in [4.78, 5) is 0. The summed E-state index contributed by atoms with van der Waals surface area (Å²) in [5.41, 5.74) is 4.85. The van der Waals surface area contributed by atoms with E-state index in [9.17, 15) is 5.11 Å². The van der Waals surface area contributed by atoms with Crippen LogP contribution in [0.1, 0.15) is 54.4 Å². The molecule has 0 unspecified atom stereocenters. The summed E-state index contributed by atoms with van der Waals surface area (Å²) < 4.78 is 5.89. The average molecular weight is 255 g/mol. The molecule has 0 atom stereocenters. The van der Waals surface area contributed by atoms with Crippen LogP contribution in [-0.4, -0.2) is 43.7 Å². The van der Waals surface area contributed by atoms with Crippen LogP contribution in [0.2, 0.25) is 5.31 Å². The van der Waals surface area contributed by atoms with E-state index < -0.39 is 5.60 Å². The molecule has 0 aromatic heterocycles. The lowest BCUT2D eigenvalue weighted by Gasteiger charge is -2.30. The second-order valence-electron chi connectivity index (χ2n) is 7.37. The Kier molecular flexibility index (Phi) is 6.97. The van der Waals surface area contributed by atoms with Crippen LogP contribution in [0.25, 0.3) is 0 Å². The first-order valence-corrected chi connectivity index (χ1v) is 7.04. The summed E-state index contributed by atoms with van der Waals surface area (Å²) in [5.74, 6) is 0. The van der Waals surface area contributed by atoms with Crippen LogP contribution < -0.4 is 5.73 Å². The molecule has 0 radical (unpaired) electrons. The molecular weight excluding hydrogens is 224 g/mol. The van der Waals surface area contributed by atoms with Gasteiger partial charge in [0.2, 0.25) is 0 Å². The first kappa shape index (κ1) is 18.0. The van der Waals surface area contributed by atoms with Crippen molar-refractivity contribution in [2.24, 2.45) is 5.73 Å². The molecule has 0 saturated heterocycles. The highest BCUT2D eigenvalue weighted by Gasteiger charge is 2.27. The SMILES string of the molecule is CC(C)(O)CCOC(C)(C)BBC(C)(C)CCN. The van der Waals surface area contributed by atoms with Crippen LogP contribution in [0.4, 0.5) is 0 Å². The lowest BCUT2D eigenvalue weighted by molar-refractivity contribution is -0.00672. The standard InChI is InChI=1S/C13H31B2NO2/c1-11(2,7-9-16)14-15-13(5,6)18-10-8-12(3,4)17/h14-15,17H,7-10,16H2,1-6H3. The molecule has 0 rings (SSSR count). The molecule has 0 aliphatic heterocycles. The van der Waals surface area contributed by atoms with Gasteiger partial charge in [-0.1, -0.05) is 19.2 Å². The van der Waals surface area contributed by atoms with Crippen molar-refractivity contribution in [2.75, 3.05) is 13.2 Å². The minimum Gasteiger partial charge on any atom is -0.390 e. The summed E-state index contributed by atoms with van der Waals surface area (Å²) in [6.07, 6.45) is 1.72. The van der Waals surface area contributed by atoms with E-state index in [4.69, 9.17) is 10.5 Å². The molecule has 0 aliphatic rings. The lowest BCUT2D eigenvalue weighted by atomic mass is 9.24. The molecule has 106 valence electrons. The Morgan fingerprint density at radius 3 is 2.00 bits per heavy atom. The van der Waals surface area contributed by atoms with Crippen molar-refractivity contribution in [3.8, 4) is 0 Å². The van der Waals surface area contributed by atoms with E-state index in [-0.39, 0.29) is 10.8 Å². The molecular formula is C13H31B2NO2. The molecule has 0 aromatic carbocycles. The average Bonchev–Trinajstić information content (AvgIpc) is 2.13. The summed E-state index contributed by atoms with van der Waals surface area (Å²) in [7, 11) is 2.13. The maximum atomic E-state index is 9.65. The maximum absolute atomic E-state index is 9.65. The van der Waals surface area contributed by atoms with Crippen molar-refractivity contribution in [1.82, 2.24) is 0 Å². The molecule has 0 aliphatic carbocycles. The van der Waals surface area contributed by atoms with Gasteiger partial charge in [0.25, 0.3) is 0 Å². The number of nitrogens with two attached hydrogens (primary N) is 1. The summed E-state index contributed by atoms with van der Waals surface area (Å²) in [6.45, 7) is 13.7. The zero-order chi connectivity index (χ0) is 14.4. The fraction of sp³-hybridized carbons (Fsp3) is 1.00. The number of ether oxygens (including phenoxy) is 1. The highest BCUT2D eigenvalue weighted by molar-refractivity contribution is 7.03. The van der Waals surface area contributed by atoms with Crippen LogP contribution >= 0.6 is 0 Å². The van der Waals surface area contributed by atoms with E-state index in [1.165, 1.54) is 0 Å². The molecule has 0 amide bonds. The third-order valence-electron chi connectivity index (χ3n) is 3.43. The van der Waals surface area contributed by atoms with Crippen LogP contribution in [-0.2, 0) is 4.74 Å². The van der Waals surface area contributed by atoms with Crippen LogP contribution in [0, 0.1) is 0 Å². The molecule has 3 nitrogen and oxygen atoms in total. The Morgan fingerprint density at radius 2 is 1.56 bits per heavy atom. The van der Waals surface area contributed by atoms with Crippen LogP contribution in [0.15, 0.2) is 0 Å². The van der Waals surface area contributed by atoms with E-state index >= 15 is 0 Å². The Hall–Kier alpha value is 0.00987. The zero-order valence-corrected chi connectivity index (χ0v) is 13.2. The topological polar surface area (TPSA) is 55.5 Å². The largest absolute Gasteiger partial charge is 0.390 e. The highest BCUT2D eigenvalue weighted by atomic mass is 16.5. The summed E-state index contributed by atoms with van der Waals surface area (Å²) in [6, 6.07) is 0. The van der Waals surface area contributed by atoms with Gasteiger partial charge in [0.15, 0.2) is 0 Å². The molecule has 5 heteroatoms. The van der Waals surface area contributed by atoms with Gasteiger partial charge in [-0.15, -0.1) is 0 Å². The Morgan fingerprint density at radius 1 is 1.00 bits per heavy atom. The summed E-state index contributed by atoms with van der Waals surface area (Å²) in [5, 5.41) is 9.93. The molecule has 0 aromatic rings. The fourth-order valence-corrected chi connectivity index (χ4v) is 1.80. The van der Waals surface area contributed by atoms with Crippen LogP contribution in [0.3, 0.4) is 0 Å². The van der Waals surface area contributed by atoms with E-state index in [1.54, 1.807) is 0 Å². The van der Waals surface area contributed by atoms with Gasteiger partial charge in [0.05, 0.1) is 12.8 Å². The molecule has 0 spiro atoms. The van der Waals surface area contributed by atoms with Gasteiger partial charge in [-0.3, -0.25) is 0 Å². The monoisotopic (exact) mass is 255 g/mol. The van der Waals surface area contributed by atoms with Crippen LogP contribution in [0.5, 0.6) is 0 Å². The van der Waals surface area contributed by atoms with Crippen molar-refractivity contribution in [2.45, 2.75) is 70.8 Å². The quantitative estimate of drug-likeness (QED) is 0.609. The van der Waals surface area contributed by atoms with E-state index in [0.29, 0.717) is 13.0 Å². The van der Waals surface area contributed by atoms with E-state index in [0.717, 1.165) is 27.3 Å². The molecule has 0 fully saturated rings. The normalized spacial score (nSPS) is 13.6. The van der Waals surface area contributed by atoms with E-state index in [2.05, 4.69) is 27.7 Å². The highest BCUT2D eigenvalue weighted by Crippen LogP contribution is 2.27. The maximum Gasteiger partial charge on any atom is 0.127 e. The number of aliphatic hydroxyl groups is 1. The van der Waals surface area contributed by atoms with Gasteiger partial charge in [-0.05, 0) is 47.1 Å². The fourth-order valence-electron chi connectivity index (χ4n) is 1.80. The number of rotatable bonds is 9. The second kappa shape index (κ2) is 6.97. The lowest BCUT2D eigenvalue weighted by Crippen LogP contribution is -2.40. The van der Waals surface area contributed by atoms with Crippen molar-refractivity contribution in [3.63, 3.8) is 0 Å². The Balaban J connectivity index is 4.00. The van der Waals surface area contributed by atoms with Crippen molar-refractivity contribution >= 4 is 14.3 Å². The minimum atomic E-state index is -0.644.